The number of rotatable bonds is 5. The molecule has 0 radical (unpaired) electrons. The Labute approximate surface area is 114 Å². The molecule has 0 bridgehead atoms. The maximum atomic E-state index is 13.0. The van der Waals surface area contributed by atoms with Crippen molar-refractivity contribution in [2.75, 3.05) is 11.9 Å². The summed E-state index contributed by atoms with van der Waals surface area (Å²) in [6.07, 6.45) is 0.384. The molecule has 104 valence electrons. The highest BCUT2D eigenvalue weighted by Gasteiger charge is 2.11. The number of hydrogen-bond acceptors (Lipinski definition) is 3. The molecule has 0 amide bonds. The third kappa shape index (κ3) is 3.50. The summed E-state index contributed by atoms with van der Waals surface area (Å²) in [6, 6.07) is 9.52. The Morgan fingerprint density at radius 1 is 1.10 bits per heavy atom. The first-order chi connectivity index (χ1) is 9.56. The number of halogens is 2. The molecule has 1 N–H and O–H groups in total. The fraction of sp³-hybridized carbons (Fsp3) is 0.143. The van der Waals surface area contributed by atoms with E-state index in [1.807, 2.05) is 0 Å². The number of nitrogens with one attached hydrogen (secondary N) is 1. The molecule has 20 heavy (non-hydrogen) atoms. The molecule has 2 rings (SSSR count). The van der Waals surface area contributed by atoms with Gasteiger partial charge in [0.1, 0.15) is 11.6 Å². The molecule has 0 aliphatic carbocycles. The number of hydrogen-bond donors (Lipinski definition) is 1. The quantitative estimate of drug-likeness (QED) is 0.672. The van der Waals surface area contributed by atoms with Crippen molar-refractivity contribution in [1.82, 2.24) is 0 Å². The molecule has 2 aromatic carbocycles. The van der Waals surface area contributed by atoms with Crippen molar-refractivity contribution < 1.29 is 13.7 Å². The lowest BCUT2D eigenvalue weighted by Gasteiger charge is -2.07. The van der Waals surface area contributed by atoms with Crippen LogP contribution in [-0.4, -0.2) is 11.5 Å². The molecule has 0 aromatic heterocycles. The lowest BCUT2D eigenvalue weighted by molar-refractivity contribution is -0.385. The van der Waals surface area contributed by atoms with Crippen molar-refractivity contribution >= 4 is 11.4 Å². The van der Waals surface area contributed by atoms with Gasteiger partial charge in [0.15, 0.2) is 0 Å². The molecule has 0 saturated heterocycles. The van der Waals surface area contributed by atoms with Crippen molar-refractivity contribution in [1.29, 1.82) is 0 Å². The van der Waals surface area contributed by atoms with E-state index < -0.39 is 16.6 Å². The molecular weight excluding hydrogens is 266 g/mol. The number of nitrogens with zero attached hydrogens (tertiary/aromatic N) is 1. The van der Waals surface area contributed by atoms with Crippen LogP contribution in [0.25, 0.3) is 0 Å². The third-order valence-corrected chi connectivity index (χ3v) is 2.77. The zero-order valence-corrected chi connectivity index (χ0v) is 10.5. The van der Waals surface area contributed by atoms with Crippen molar-refractivity contribution in [2.45, 2.75) is 6.42 Å². The highest BCUT2D eigenvalue weighted by Crippen LogP contribution is 2.18. The van der Waals surface area contributed by atoms with E-state index in [4.69, 9.17) is 0 Å². The molecule has 0 spiro atoms. The molecule has 0 fully saturated rings. The number of benzene rings is 2. The summed E-state index contributed by atoms with van der Waals surface area (Å²) in [6.45, 7) is 0.341. The average molecular weight is 278 g/mol. The minimum absolute atomic E-state index is 0.0414. The maximum absolute atomic E-state index is 13.0. The Bertz CT molecular complexity index is 612. The molecule has 6 heteroatoms. The van der Waals surface area contributed by atoms with Gasteiger partial charge in [-0.05, 0) is 18.6 Å². The van der Waals surface area contributed by atoms with Crippen LogP contribution in [0, 0.1) is 21.7 Å². The van der Waals surface area contributed by atoms with Crippen LogP contribution in [0.2, 0.25) is 0 Å². The van der Waals surface area contributed by atoms with E-state index in [1.54, 1.807) is 18.2 Å². The Hall–Kier alpha value is -2.50. The zero-order chi connectivity index (χ0) is 14.5. The monoisotopic (exact) mass is 278 g/mol. The number of nitro groups is 1. The van der Waals surface area contributed by atoms with Gasteiger partial charge in [-0.2, -0.15) is 0 Å². The summed E-state index contributed by atoms with van der Waals surface area (Å²) in [5.41, 5.74) is 0.919. The maximum Gasteiger partial charge on any atom is 0.272 e. The van der Waals surface area contributed by atoms with Crippen LogP contribution in [-0.2, 0) is 6.42 Å². The van der Waals surface area contributed by atoms with Gasteiger partial charge in [0, 0.05) is 29.9 Å². The predicted octanol–water partition coefficient (Wildman–Crippen LogP) is 3.53. The smallest absolute Gasteiger partial charge is 0.272 e. The largest absolute Gasteiger partial charge is 0.385 e. The molecule has 4 nitrogen and oxygen atoms in total. The Morgan fingerprint density at radius 3 is 2.40 bits per heavy atom. The molecule has 0 saturated carbocycles. The predicted molar refractivity (Wildman–Crippen MR) is 71.6 cm³/mol. The van der Waals surface area contributed by atoms with Crippen LogP contribution in [0.5, 0.6) is 0 Å². The lowest BCUT2D eigenvalue weighted by Crippen LogP contribution is -2.07. The van der Waals surface area contributed by atoms with Gasteiger partial charge in [0.05, 0.1) is 4.92 Å². The topological polar surface area (TPSA) is 55.2 Å². The molecule has 0 heterocycles. The van der Waals surface area contributed by atoms with Gasteiger partial charge in [-0.3, -0.25) is 10.1 Å². The van der Waals surface area contributed by atoms with Crippen LogP contribution in [0.15, 0.2) is 42.5 Å². The third-order valence-electron chi connectivity index (χ3n) is 2.77. The van der Waals surface area contributed by atoms with Crippen LogP contribution < -0.4 is 5.32 Å². The van der Waals surface area contributed by atoms with E-state index in [9.17, 15) is 18.9 Å². The summed E-state index contributed by atoms with van der Waals surface area (Å²) in [5.74, 6) is -1.34. The lowest BCUT2D eigenvalue weighted by atomic mass is 10.1. The second-order valence-corrected chi connectivity index (χ2v) is 4.22. The summed E-state index contributed by atoms with van der Waals surface area (Å²) in [5, 5.41) is 13.7. The van der Waals surface area contributed by atoms with Gasteiger partial charge in [0.25, 0.3) is 5.69 Å². The number of nitro benzene ring substituents is 1. The number of para-hydroxylation sites is 1. The minimum Gasteiger partial charge on any atom is -0.385 e. The second kappa shape index (κ2) is 6.10. The molecular formula is C14H12F2N2O2. The van der Waals surface area contributed by atoms with Gasteiger partial charge in [-0.15, -0.1) is 0 Å². The van der Waals surface area contributed by atoms with Crippen LogP contribution in [0.3, 0.4) is 0 Å². The van der Waals surface area contributed by atoms with Gasteiger partial charge in [0.2, 0.25) is 0 Å². The second-order valence-electron chi connectivity index (χ2n) is 4.22. The van der Waals surface area contributed by atoms with Gasteiger partial charge in [-0.1, -0.05) is 18.2 Å². The zero-order valence-electron chi connectivity index (χ0n) is 10.5. The Balaban J connectivity index is 2.01. The molecule has 0 aliphatic heterocycles. The van der Waals surface area contributed by atoms with E-state index in [0.29, 0.717) is 24.2 Å². The van der Waals surface area contributed by atoms with Crippen molar-refractivity contribution in [3.05, 3.63) is 69.8 Å². The molecule has 2 aromatic rings. The fourth-order valence-corrected chi connectivity index (χ4v) is 1.90. The van der Waals surface area contributed by atoms with Crippen molar-refractivity contribution in [2.24, 2.45) is 0 Å². The Morgan fingerprint density at radius 2 is 1.75 bits per heavy atom. The highest BCUT2D eigenvalue weighted by atomic mass is 19.1. The molecule has 0 unspecified atom stereocenters. The minimum atomic E-state index is -0.668. The summed E-state index contributed by atoms with van der Waals surface area (Å²) >= 11 is 0. The first kappa shape index (κ1) is 13.9. The highest BCUT2D eigenvalue weighted by molar-refractivity contribution is 5.45. The average Bonchev–Trinajstić information content (AvgIpc) is 2.38. The van der Waals surface area contributed by atoms with E-state index in [1.165, 1.54) is 18.2 Å². The van der Waals surface area contributed by atoms with Crippen molar-refractivity contribution in [3.63, 3.8) is 0 Å². The van der Waals surface area contributed by atoms with Crippen molar-refractivity contribution in [3.8, 4) is 0 Å². The van der Waals surface area contributed by atoms with Crippen LogP contribution >= 0.6 is 0 Å². The summed E-state index contributed by atoms with van der Waals surface area (Å²) in [4.78, 5) is 10.4. The van der Waals surface area contributed by atoms with E-state index in [2.05, 4.69) is 5.32 Å². The standard InChI is InChI=1S/C14H12F2N2O2/c15-11-7-12(16)9-13(8-11)17-6-5-10-3-1-2-4-14(10)18(19)20/h1-4,7-9,17H,5-6H2. The van der Waals surface area contributed by atoms with Crippen LogP contribution in [0.1, 0.15) is 5.56 Å². The summed E-state index contributed by atoms with van der Waals surface area (Å²) in [7, 11) is 0. The molecule has 0 atom stereocenters. The van der Waals surface area contributed by atoms with Gasteiger partial charge < -0.3 is 5.32 Å². The molecule has 0 aliphatic rings. The van der Waals surface area contributed by atoms with Gasteiger partial charge in [-0.25, -0.2) is 8.78 Å². The first-order valence-electron chi connectivity index (χ1n) is 5.98. The van der Waals surface area contributed by atoms with Gasteiger partial charge >= 0.3 is 0 Å². The van der Waals surface area contributed by atoms with E-state index >= 15 is 0 Å². The fourth-order valence-electron chi connectivity index (χ4n) is 1.90. The summed E-state index contributed by atoms with van der Waals surface area (Å²) < 4.78 is 26.0. The Kier molecular flexibility index (Phi) is 4.24. The van der Waals surface area contributed by atoms with E-state index in [-0.39, 0.29) is 5.69 Å². The first-order valence-corrected chi connectivity index (χ1v) is 5.98. The van der Waals surface area contributed by atoms with E-state index in [0.717, 1.165) is 6.07 Å². The normalized spacial score (nSPS) is 10.3. The SMILES string of the molecule is O=[N+]([O-])c1ccccc1CCNc1cc(F)cc(F)c1. The van der Waals surface area contributed by atoms with Crippen LogP contribution in [0.4, 0.5) is 20.2 Å². The number of anilines is 1.